The lowest BCUT2D eigenvalue weighted by molar-refractivity contribution is 0.150. The summed E-state index contributed by atoms with van der Waals surface area (Å²) >= 11 is 0. The van der Waals surface area contributed by atoms with Gasteiger partial charge in [0, 0.05) is 39.4 Å². The van der Waals surface area contributed by atoms with E-state index in [1.807, 2.05) is 0 Å². The van der Waals surface area contributed by atoms with E-state index in [1.54, 1.807) is 7.11 Å². The van der Waals surface area contributed by atoms with Gasteiger partial charge in [0.25, 0.3) is 0 Å². The lowest BCUT2D eigenvalue weighted by atomic mass is 9.89. The van der Waals surface area contributed by atoms with Crippen LogP contribution in [0.1, 0.15) is 26.7 Å². The van der Waals surface area contributed by atoms with Crippen molar-refractivity contribution in [1.29, 1.82) is 0 Å². The zero-order valence-electron chi connectivity index (χ0n) is 10.8. The highest BCUT2D eigenvalue weighted by Gasteiger charge is 2.23. The van der Waals surface area contributed by atoms with Gasteiger partial charge in [0.1, 0.15) is 0 Å². The fourth-order valence-corrected chi connectivity index (χ4v) is 2.00. The molecule has 16 heavy (non-hydrogen) atoms. The number of β-amino-alcohol motifs (C(OH)–C–C–N with tert-alkyl or cyclic N) is 1. The van der Waals surface area contributed by atoms with Crippen molar-refractivity contribution in [3.63, 3.8) is 0 Å². The second kappa shape index (κ2) is 6.55. The molecule has 2 atom stereocenters. The number of rotatable bonds is 7. The van der Waals surface area contributed by atoms with E-state index in [1.165, 1.54) is 0 Å². The largest absolute Gasteiger partial charge is 0.392 e. The summed E-state index contributed by atoms with van der Waals surface area (Å²) in [6, 6.07) is 0.424. The van der Waals surface area contributed by atoms with E-state index in [4.69, 9.17) is 4.74 Å². The number of hydrogen-bond acceptors (Lipinski definition) is 4. The SMILES string of the molecule is COCCC(C)(C)CNCC1CC(O)CN1. The zero-order valence-corrected chi connectivity index (χ0v) is 10.8. The maximum atomic E-state index is 9.37. The third-order valence-corrected chi connectivity index (χ3v) is 3.18. The van der Waals surface area contributed by atoms with E-state index in [0.29, 0.717) is 6.04 Å². The third kappa shape index (κ3) is 5.25. The Balaban J connectivity index is 2.09. The van der Waals surface area contributed by atoms with Gasteiger partial charge in [-0.3, -0.25) is 0 Å². The Morgan fingerprint density at radius 1 is 1.50 bits per heavy atom. The molecule has 1 aliphatic heterocycles. The van der Waals surface area contributed by atoms with Crippen LogP contribution in [-0.2, 0) is 4.74 Å². The number of aliphatic hydroxyl groups is 1. The quantitative estimate of drug-likeness (QED) is 0.591. The Morgan fingerprint density at radius 3 is 2.81 bits per heavy atom. The summed E-state index contributed by atoms with van der Waals surface area (Å²) in [4.78, 5) is 0. The summed E-state index contributed by atoms with van der Waals surface area (Å²) in [6.07, 6.45) is 1.77. The monoisotopic (exact) mass is 230 g/mol. The number of ether oxygens (including phenoxy) is 1. The molecule has 0 aromatic carbocycles. The average molecular weight is 230 g/mol. The van der Waals surface area contributed by atoms with Gasteiger partial charge >= 0.3 is 0 Å². The maximum Gasteiger partial charge on any atom is 0.0680 e. The van der Waals surface area contributed by atoms with E-state index in [-0.39, 0.29) is 11.5 Å². The van der Waals surface area contributed by atoms with Crippen molar-refractivity contribution in [3.05, 3.63) is 0 Å². The Morgan fingerprint density at radius 2 is 2.25 bits per heavy atom. The number of nitrogens with one attached hydrogen (secondary N) is 2. The Labute approximate surface area is 98.8 Å². The molecule has 1 saturated heterocycles. The first-order chi connectivity index (χ1) is 7.53. The van der Waals surface area contributed by atoms with Gasteiger partial charge in [-0.15, -0.1) is 0 Å². The summed E-state index contributed by atoms with van der Waals surface area (Å²) in [5, 5.41) is 16.1. The summed E-state index contributed by atoms with van der Waals surface area (Å²) in [7, 11) is 1.74. The molecule has 4 heteroatoms. The first-order valence-corrected chi connectivity index (χ1v) is 6.14. The molecule has 0 aromatic rings. The van der Waals surface area contributed by atoms with Gasteiger partial charge in [-0.2, -0.15) is 0 Å². The zero-order chi connectivity index (χ0) is 12.0. The molecular formula is C12H26N2O2. The van der Waals surface area contributed by atoms with Crippen molar-refractivity contribution in [2.75, 3.05) is 33.4 Å². The molecular weight excluding hydrogens is 204 g/mol. The molecule has 96 valence electrons. The second-order valence-corrected chi connectivity index (χ2v) is 5.53. The van der Waals surface area contributed by atoms with E-state index in [9.17, 15) is 5.11 Å². The van der Waals surface area contributed by atoms with Gasteiger partial charge in [0.05, 0.1) is 6.10 Å². The first-order valence-electron chi connectivity index (χ1n) is 6.14. The van der Waals surface area contributed by atoms with Gasteiger partial charge < -0.3 is 20.5 Å². The molecule has 4 nitrogen and oxygen atoms in total. The van der Waals surface area contributed by atoms with Crippen LogP contribution in [0.4, 0.5) is 0 Å². The molecule has 0 amide bonds. The van der Waals surface area contributed by atoms with Crippen LogP contribution in [0.3, 0.4) is 0 Å². The van der Waals surface area contributed by atoms with Crippen LogP contribution >= 0.6 is 0 Å². The minimum absolute atomic E-state index is 0.159. The fraction of sp³-hybridized carbons (Fsp3) is 1.00. The second-order valence-electron chi connectivity index (χ2n) is 5.53. The smallest absolute Gasteiger partial charge is 0.0680 e. The van der Waals surface area contributed by atoms with E-state index < -0.39 is 0 Å². The standard InChI is InChI=1S/C12H26N2O2/c1-12(2,4-5-16-3)9-13-7-10-6-11(15)8-14-10/h10-11,13-15H,4-9H2,1-3H3. The molecule has 0 aromatic heterocycles. The molecule has 1 heterocycles. The van der Waals surface area contributed by atoms with Gasteiger partial charge in [-0.05, 0) is 18.3 Å². The van der Waals surface area contributed by atoms with Gasteiger partial charge in [0.2, 0.25) is 0 Å². The molecule has 3 N–H and O–H groups in total. The highest BCUT2D eigenvalue weighted by molar-refractivity contribution is 4.83. The van der Waals surface area contributed by atoms with Crippen LogP contribution < -0.4 is 10.6 Å². The normalized spacial score (nSPS) is 26.2. The lowest BCUT2D eigenvalue weighted by Gasteiger charge is -2.25. The number of methoxy groups -OCH3 is 1. The Kier molecular flexibility index (Phi) is 5.69. The predicted octanol–water partition coefficient (Wildman–Crippen LogP) is 0.362. The van der Waals surface area contributed by atoms with Crippen LogP contribution in [-0.4, -0.2) is 50.6 Å². The predicted molar refractivity (Wildman–Crippen MR) is 65.6 cm³/mol. The van der Waals surface area contributed by atoms with Crippen LogP contribution in [0, 0.1) is 5.41 Å². The van der Waals surface area contributed by atoms with Crippen LogP contribution in [0.5, 0.6) is 0 Å². The summed E-state index contributed by atoms with van der Waals surface area (Å²) < 4.78 is 5.10. The topological polar surface area (TPSA) is 53.5 Å². The summed E-state index contributed by atoms with van der Waals surface area (Å²) in [5.74, 6) is 0. The number of aliphatic hydroxyl groups excluding tert-OH is 1. The van der Waals surface area contributed by atoms with Crippen LogP contribution in [0.2, 0.25) is 0 Å². The molecule has 0 aliphatic carbocycles. The molecule has 0 saturated carbocycles. The van der Waals surface area contributed by atoms with Crippen LogP contribution in [0.15, 0.2) is 0 Å². The van der Waals surface area contributed by atoms with Crippen LogP contribution in [0.25, 0.3) is 0 Å². The lowest BCUT2D eigenvalue weighted by Crippen LogP contribution is -2.38. The molecule has 1 fully saturated rings. The van der Waals surface area contributed by atoms with Gasteiger partial charge in [-0.1, -0.05) is 13.8 Å². The number of hydrogen-bond donors (Lipinski definition) is 3. The molecule has 0 spiro atoms. The van der Waals surface area contributed by atoms with E-state index in [2.05, 4.69) is 24.5 Å². The highest BCUT2D eigenvalue weighted by Crippen LogP contribution is 2.18. The molecule has 0 bridgehead atoms. The minimum Gasteiger partial charge on any atom is -0.392 e. The molecule has 2 unspecified atom stereocenters. The van der Waals surface area contributed by atoms with E-state index in [0.717, 1.165) is 39.1 Å². The summed E-state index contributed by atoms with van der Waals surface area (Å²) in [6.45, 7) is 7.97. The van der Waals surface area contributed by atoms with Gasteiger partial charge in [-0.25, -0.2) is 0 Å². The highest BCUT2D eigenvalue weighted by atomic mass is 16.5. The fourth-order valence-electron chi connectivity index (χ4n) is 2.00. The average Bonchev–Trinajstić information content (AvgIpc) is 2.61. The molecule has 1 aliphatic rings. The Hall–Kier alpha value is -0.160. The van der Waals surface area contributed by atoms with E-state index >= 15 is 0 Å². The third-order valence-electron chi connectivity index (χ3n) is 3.18. The van der Waals surface area contributed by atoms with Crippen molar-refractivity contribution in [3.8, 4) is 0 Å². The molecule has 1 rings (SSSR count). The summed E-state index contributed by atoms with van der Waals surface area (Å²) in [5.41, 5.74) is 0.271. The Bertz CT molecular complexity index is 197. The van der Waals surface area contributed by atoms with Crippen molar-refractivity contribution in [1.82, 2.24) is 10.6 Å². The first kappa shape index (κ1) is 13.9. The minimum atomic E-state index is -0.159. The maximum absolute atomic E-state index is 9.37. The van der Waals surface area contributed by atoms with Crippen molar-refractivity contribution in [2.24, 2.45) is 5.41 Å². The molecule has 0 radical (unpaired) electrons. The van der Waals surface area contributed by atoms with Crippen molar-refractivity contribution < 1.29 is 9.84 Å². The van der Waals surface area contributed by atoms with Crippen molar-refractivity contribution >= 4 is 0 Å². The van der Waals surface area contributed by atoms with Crippen molar-refractivity contribution in [2.45, 2.75) is 38.8 Å². The van der Waals surface area contributed by atoms with Gasteiger partial charge in [0.15, 0.2) is 0 Å².